The number of carbonyl (C=O) groups is 8. The van der Waals surface area contributed by atoms with Gasteiger partial charge in [0, 0.05) is 42.9 Å². The molecule has 7 amide bonds. The van der Waals surface area contributed by atoms with Crippen LogP contribution in [0.4, 0.5) is 0 Å². The summed E-state index contributed by atoms with van der Waals surface area (Å²) in [6.45, 7) is 2.51. The average molecular weight is 1110 g/mol. The highest BCUT2D eigenvalue weighted by atomic mass is 32.2. The third-order valence-corrected chi connectivity index (χ3v) is 13.9. The number of aromatic nitrogens is 1. The molecule has 24 nitrogen and oxygen atoms in total. The number of guanidine groups is 1. The second-order valence-corrected chi connectivity index (χ2v) is 20.4. The lowest BCUT2D eigenvalue weighted by atomic mass is 10.0. The molecule has 0 spiro atoms. The van der Waals surface area contributed by atoms with Crippen LogP contribution in [0.1, 0.15) is 75.0 Å². The van der Waals surface area contributed by atoms with Crippen molar-refractivity contribution < 1.29 is 53.7 Å². The Labute approximate surface area is 462 Å². The van der Waals surface area contributed by atoms with Gasteiger partial charge >= 0.3 is 5.97 Å². The minimum Gasteiger partial charge on any atom is -0.508 e. The molecule has 1 aliphatic rings. The van der Waals surface area contributed by atoms with Crippen LogP contribution in [0.15, 0.2) is 79.0 Å². The number of phenols is 2. The van der Waals surface area contributed by atoms with E-state index >= 15 is 0 Å². The van der Waals surface area contributed by atoms with Crippen molar-refractivity contribution >= 4 is 75.9 Å². The quantitative estimate of drug-likeness (QED) is 0.0174. The number of hydrogen-bond acceptors (Lipinski definition) is 14. The maximum atomic E-state index is 14.8. The molecule has 3 aromatic carbocycles. The number of aromatic amines is 1. The lowest BCUT2D eigenvalue weighted by Crippen LogP contribution is -2.60. The SMILES string of the molecule is CSCC[C@H](NC(=O)[C@H](Cc1c[nH]c2ccccc12)NC(=O)[C@H](Cc1ccc(O)cc1)NC(=O)[C@H](C)NC(=O)[C@H](Cc1ccc(O)cc1)NC(=O)[C@@H]1CCCN1)C(=O)N[C@@H](CCCNC(=N)N)C(=O)N[C@@H](CCCCN)C(=O)O. The predicted molar refractivity (Wildman–Crippen MR) is 299 cm³/mol. The van der Waals surface area contributed by atoms with Gasteiger partial charge in [0.25, 0.3) is 0 Å². The average Bonchev–Trinajstić information content (AvgIpc) is 4.12. The predicted octanol–water partition coefficient (Wildman–Crippen LogP) is 0.00247. The lowest BCUT2D eigenvalue weighted by Gasteiger charge is -2.28. The Kier molecular flexibility index (Phi) is 24.7. The Balaban J connectivity index is 1.40. The molecular weight excluding hydrogens is 1040 g/mol. The van der Waals surface area contributed by atoms with Gasteiger partial charge in [-0.3, -0.25) is 39.0 Å². The van der Waals surface area contributed by atoms with Crippen molar-refractivity contribution in [3.8, 4) is 11.5 Å². The maximum absolute atomic E-state index is 14.8. The Bertz CT molecular complexity index is 2700. The fourth-order valence-corrected chi connectivity index (χ4v) is 9.35. The number of para-hydroxylation sites is 1. The molecule has 428 valence electrons. The van der Waals surface area contributed by atoms with Crippen LogP contribution in [0.5, 0.6) is 11.5 Å². The summed E-state index contributed by atoms with van der Waals surface area (Å²) in [5.41, 5.74) is 13.5. The number of phenolic OH excluding ortho intramolecular Hbond substituents is 2. The minimum atomic E-state index is -1.41. The molecule has 0 bridgehead atoms. The summed E-state index contributed by atoms with van der Waals surface area (Å²) >= 11 is 1.38. The van der Waals surface area contributed by atoms with Crippen LogP contribution in [0.3, 0.4) is 0 Å². The number of thioether (sulfide) groups is 1. The molecule has 0 radical (unpaired) electrons. The van der Waals surface area contributed by atoms with Gasteiger partial charge in [-0.05, 0) is 130 Å². The van der Waals surface area contributed by atoms with Crippen LogP contribution < -0.4 is 59.3 Å². The Hall–Kier alpha value is -7.90. The summed E-state index contributed by atoms with van der Waals surface area (Å²) in [4.78, 5) is 114. The molecule has 25 heteroatoms. The summed E-state index contributed by atoms with van der Waals surface area (Å²) < 4.78 is 0. The number of rotatable bonds is 32. The second kappa shape index (κ2) is 31.5. The van der Waals surface area contributed by atoms with E-state index in [0.717, 1.165) is 17.3 Å². The molecule has 1 aliphatic heterocycles. The van der Waals surface area contributed by atoms with E-state index in [4.69, 9.17) is 16.9 Å². The smallest absolute Gasteiger partial charge is 0.326 e. The zero-order valence-electron chi connectivity index (χ0n) is 44.4. The third kappa shape index (κ3) is 20.1. The molecule has 1 fully saturated rings. The number of aromatic hydroxyl groups is 2. The van der Waals surface area contributed by atoms with Crippen molar-refractivity contribution in [2.75, 3.05) is 31.6 Å². The molecule has 0 saturated carbocycles. The first-order valence-electron chi connectivity index (χ1n) is 26.3. The fourth-order valence-electron chi connectivity index (χ4n) is 8.88. The normalized spacial score (nSPS) is 15.7. The van der Waals surface area contributed by atoms with E-state index in [0.29, 0.717) is 54.8 Å². The van der Waals surface area contributed by atoms with E-state index in [-0.39, 0.29) is 68.9 Å². The number of H-pyrrole nitrogens is 1. The van der Waals surface area contributed by atoms with Gasteiger partial charge in [-0.2, -0.15) is 11.8 Å². The number of unbranched alkanes of at least 4 members (excludes halogenated alkanes) is 1. The van der Waals surface area contributed by atoms with Gasteiger partial charge in [0.2, 0.25) is 41.4 Å². The molecule has 8 atom stereocenters. The highest BCUT2D eigenvalue weighted by Crippen LogP contribution is 2.21. The van der Waals surface area contributed by atoms with Crippen LogP contribution in [0.2, 0.25) is 0 Å². The van der Waals surface area contributed by atoms with Crippen LogP contribution in [0.25, 0.3) is 10.9 Å². The topological polar surface area (TPSA) is 397 Å². The van der Waals surface area contributed by atoms with Gasteiger partial charge in [0.1, 0.15) is 53.8 Å². The minimum absolute atomic E-state index is 0.00717. The van der Waals surface area contributed by atoms with Crippen LogP contribution in [-0.2, 0) is 57.6 Å². The number of hydrogen-bond donors (Lipinski definition) is 16. The zero-order valence-corrected chi connectivity index (χ0v) is 45.2. The van der Waals surface area contributed by atoms with Crippen molar-refractivity contribution in [3.05, 3.63) is 95.7 Å². The van der Waals surface area contributed by atoms with Crippen molar-refractivity contribution in [2.24, 2.45) is 11.5 Å². The lowest BCUT2D eigenvalue weighted by molar-refractivity contribution is -0.142. The number of nitrogens with one attached hydrogen (secondary N) is 11. The number of benzene rings is 3. The van der Waals surface area contributed by atoms with E-state index in [2.05, 4.69) is 52.8 Å². The Morgan fingerprint density at radius 1 is 0.658 bits per heavy atom. The van der Waals surface area contributed by atoms with E-state index in [1.807, 2.05) is 18.2 Å². The van der Waals surface area contributed by atoms with Gasteiger partial charge in [-0.1, -0.05) is 42.5 Å². The summed E-state index contributed by atoms with van der Waals surface area (Å²) in [7, 11) is 0. The molecule has 1 aromatic heterocycles. The van der Waals surface area contributed by atoms with Crippen molar-refractivity contribution in [2.45, 2.75) is 126 Å². The number of nitrogens with two attached hydrogens (primary N) is 2. The first-order chi connectivity index (χ1) is 37.8. The van der Waals surface area contributed by atoms with E-state index in [1.165, 1.54) is 43.0 Å². The molecule has 0 unspecified atom stereocenters. The zero-order chi connectivity index (χ0) is 57.4. The van der Waals surface area contributed by atoms with Crippen LogP contribution >= 0.6 is 11.8 Å². The number of aliphatic carboxylic acids is 1. The van der Waals surface area contributed by atoms with Gasteiger partial charge in [0.15, 0.2) is 5.96 Å². The largest absolute Gasteiger partial charge is 0.508 e. The summed E-state index contributed by atoms with van der Waals surface area (Å²) in [6.07, 6.45) is 5.84. The number of carboxylic acid groups (broad SMARTS) is 1. The van der Waals surface area contributed by atoms with Crippen molar-refractivity contribution in [3.63, 3.8) is 0 Å². The first-order valence-corrected chi connectivity index (χ1v) is 27.7. The fraction of sp³-hybridized carbons (Fsp3) is 0.463. The van der Waals surface area contributed by atoms with Gasteiger partial charge < -0.3 is 79.6 Å². The summed E-state index contributed by atoms with van der Waals surface area (Å²) in [5, 5.41) is 62.8. The van der Waals surface area contributed by atoms with E-state index in [9.17, 15) is 53.7 Å². The van der Waals surface area contributed by atoms with Crippen molar-refractivity contribution in [1.82, 2.24) is 52.8 Å². The van der Waals surface area contributed by atoms with Crippen LogP contribution in [-0.4, -0.2) is 154 Å². The molecule has 18 N–H and O–H groups in total. The van der Waals surface area contributed by atoms with E-state index in [1.54, 1.807) is 42.8 Å². The highest BCUT2D eigenvalue weighted by molar-refractivity contribution is 7.98. The Morgan fingerprint density at radius 2 is 1.18 bits per heavy atom. The Morgan fingerprint density at radius 3 is 1.75 bits per heavy atom. The molecule has 2 heterocycles. The number of fused-ring (bicyclic) bond motifs is 1. The van der Waals surface area contributed by atoms with Gasteiger partial charge in [0.05, 0.1) is 6.04 Å². The standard InChI is InChI=1S/C54H75N13O11S/c1-31(61-50(74)43(27-32-14-18-35(68)19-15-32)66-47(71)39-12-7-24-58-39)46(70)65-44(28-33-16-20-36(69)21-17-33)51(75)67-45(29-34-30-60-38-10-4-3-9-37(34)38)52(76)63-41(22-26-79-2)49(73)62-40(13-8-25-59-54(56)57)48(72)64-42(53(77)78)11-5-6-23-55/h3-4,9-10,14-21,30-31,39-45,58,60,68-69H,5-8,11-13,22-29,55H2,1-2H3,(H,61,74)(H,62,73)(H,63,76)(H,64,72)(H,65,70)(H,66,71)(H,67,75)(H,77,78)(H4,56,57,59)/t31-,39-,40-,41-,42-,43-,44-,45-/m0/s1. The molecule has 1 saturated heterocycles. The van der Waals surface area contributed by atoms with Crippen molar-refractivity contribution in [1.29, 1.82) is 5.41 Å². The number of carbonyl (C=O) groups excluding carboxylic acids is 7. The molecule has 79 heavy (non-hydrogen) atoms. The summed E-state index contributed by atoms with van der Waals surface area (Å²) in [6, 6.07) is 9.65. The van der Waals surface area contributed by atoms with E-state index < -0.39 is 95.7 Å². The number of carboxylic acids is 1. The molecular formula is C54H75N13O11S. The van der Waals surface area contributed by atoms with Crippen LogP contribution in [0, 0.1) is 5.41 Å². The third-order valence-electron chi connectivity index (χ3n) is 13.3. The second-order valence-electron chi connectivity index (χ2n) is 19.4. The number of amides is 7. The molecule has 4 aromatic rings. The summed E-state index contributed by atoms with van der Waals surface area (Å²) in [5.74, 6) is -6.38. The monoisotopic (exact) mass is 1110 g/mol. The van der Waals surface area contributed by atoms with Gasteiger partial charge in [-0.25, -0.2) is 4.79 Å². The highest BCUT2D eigenvalue weighted by Gasteiger charge is 2.35. The van der Waals surface area contributed by atoms with Gasteiger partial charge in [-0.15, -0.1) is 0 Å². The molecule has 0 aliphatic carbocycles. The maximum Gasteiger partial charge on any atom is 0.326 e. The first kappa shape index (κ1) is 61.9. The molecule has 5 rings (SSSR count).